The Hall–Kier alpha value is -0.710. The Balaban J connectivity index is 0.00000242. The molecule has 0 radical (unpaired) electrons. The Morgan fingerprint density at radius 1 is 1.36 bits per heavy atom. The predicted octanol–water partition coefficient (Wildman–Crippen LogP) is 3.77. The van der Waals surface area contributed by atoms with Crippen molar-refractivity contribution in [1.82, 2.24) is 5.32 Å². The molecule has 22 heavy (non-hydrogen) atoms. The van der Waals surface area contributed by atoms with Crippen LogP contribution in [0.25, 0.3) is 0 Å². The lowest BCUT2D eigenvalue weighted by molar-refractivity contribution is -0.126. The summed E-state index contributed by atoms with van der Waals surface area (Å²) in [5.41, 5.74) is 6.93. The molecule has 0 aliphatic heterocycles. The molecule has 1 saturated carbocycles. The van der Waals surface area contributed by atoms with Crippen molar-refractivity contribution in [3.8, 4) is 0 Å². The lowest BCUT2D eigenvalue weighted by Crippen LogP contribution is -2.36. The van der Waals surface area contributed by atoms with Crippen molar-refractivity contribution in [3.05, 3.63) is 29.8 Å². The molecule has 1 aliphatic carbocycles. The van der Waals surface area contributed by atoms with Gasteiger partial charge in [0, 0.05) is 10.8 Å². The van der Waals surface area contributed by atoms with Crippen LogP contribution in [0.4, 0.5) is 0 Å². The monoisotopic (exact) mass is 342 g/mol. The third kappa shape index (κ3) is 4.90. The number of carbonyl (C=O) groups is 1. The van der Waals surface area contributed by atoms with Gasteiger partial charge in [-0.1, -0.05) is 25.5 Å². The molecule has 1 amide bonds. The minimum Gasteiger partial charge on any atom is -0.349 e. The molecule has 3 atom stereocenters. The maximum Gasteiger partial charge on any atom is 0.223 e. The first kappa shape index (κ1) is 19.3. The highest BCUT2D eigenvalue weighted by molar-refractivity contribution is 7.99. The highest BCUT2D eigenvalue weighted by Crippen LogP contribution is 2.31. The van der Waals surface area contributed by atoms with Crippen molar-refractivity contribution in [2.45, 2.75) is 44.0 Å². The van der Waals surface area contributed by atoms with Crippen molar-refractivity contribution in [2.75, 3.05) is 12.3 Å². The molecule has 0 spiro atoms. The number of hydrogen-bond donors (Lipinski definition) is 2. The van der Waals surface area contributed by atoms with Crippen LogP contribution in [0.3, 0.4) is 0 Å². The summed E-state index contributed by atoms with van der Waals surface area (Å²) in [4.78, 5) is 13.7. The van der Waals surface area contributed by atoms with E-state index in [1.807, 2.05) is 18.7 Å². The number of benzene rings is 1. The number of rotatable bonds is 6. The summed E-state index contributed by atoms with van der Waals surface area (Å²) >= 11 is 1.83. The number of halogens is 1. The van der Waals surface area contributed by atoms with E-state index in [0.717, 1.165) is 30.6 Å². The number of carbonyl (C=O) groups excluding carboxylic acids is 1. The van der Waals surface area contributed by atoms with E-state index in [1.54, 1.807) is 0 Å². The van der Waals surface area contributed by atoms with Crippen molar-refractivity contribution in [2.24, 2.45) is 17.6 Å². The average molecular weight is 343 g/mol. The van der Waals surface area contributed by atoms with Crippen LogP contribution in [0.5, 0.6) is 0 Å². The molecule has 0 bridgehead atoms. The van der Waals surface area contributed by atoms with Gasteiger partial charge in [-0.15, -0.1) is 24.2 Å². The van der Waals surface area contributed by atoms with Crippen LogP contribution in [0.15, 0.2) is 29.2 Å². The van der Waals surface area contributed by atoms with Crippen LogP contribution in [0.2, 0.25) is 0 Å². The minimum atomic E-state index is 0. The maximum absolute atomic E-state index is 12.4. The fourth-order valence-electron chi connectivity index (χ4n) is 3.09. The lowest BCUT2D eigenvalue weighted by atomic mass is 9.95. The summed E-state index contributed by atoms with van der Waals surface area (Å²) in [7, 11) is 0. The van der Waals surface area contributed by atoms with E-state index in [9.17, 15) is 4.79 Å². The smallest absolute Gasteiger partial charge is 0.223 e. The van der Waals surface area contributed by atoms with Crippen molar-refractivity contribution < 1.29 is 4.79 Å². The molecule has 3 N–H and O–H groups in total. The van der Waals surface area contributed by atoms with Gasteiger partial charge in [-0.05, 0) is 55.7 Å². The zero-order valence-corrected chi connectivity index (χ0v) is 15.0. The molecular formula is C17H27ClN2OS. The molecule has 5 heteroatoms. The molecule has 1 aliphatic rings. The number of hydrogen-bond acceptors (Lipinski definition) is 3. The van der Waals surface area contributed by atoms with E-state index in [0.29, 0.717) is 12.5 Å². The fourth-order valence-corrected chi connectivity index (χ4v) is 3.75. The van der Waals surface area contributed by atoms with E-state index in [4.69, 9.17) is 5.73 Å². The van der Waals surface area contributed by atoms with Crippen molar-refractivity contribution in [1.29, 1.82) is 0 Å². The first-order valence-corrected chi connectivity index (χ1v) is 8.87. The third-order valence-corrected chi connectivity index (χ3v) is 5.24. The van der Waals surface area contributed by atoms with E-state index in [1.165, 1.54) is 4.90 Å². The number of nitrogens with one attached hydrogen (secondary N) is 1. The van der Waals surface area contributed by atoms with Gasteiger partial charge in [0.2, 0.25) is 5.91 Å². The van der Waals surface area contributed by atoms with Crippen LogP contribution >= 0.6 is 24.2 Å². The van der Waals surface area contributed by atoms with Gasteiger partial charge in [-0.2, -0.15) is 0 Å². The van der Waals surface area contributed by atoms with Gasteiger partial charge >= 0.3 is 0 Å². The van der Waals surface area contributed by atoms with Gasteiger partial charge < -0.3 is 11.1 Å². The Bertz CT molecular complexity index is 466. The molecule has 0 aromatic heterocycles. The molecule has 1 aromatic carbocycles. The maximum atomic E-state index is 12.4. The van der Waals surface area contributed by atoms with Gasteiger partial charge in [0.15, 0.2) is 0 Å². The standard InChI is InChI=1S/C17H26N2OS.ClH/c1-3-21-15-9-7-13(8-10-15)12(2)19-17(20)16-6-4-5-14(16)11-18;/h7-10,12,14,16H,3-6,11,18H2,1-2H3,(H,19,20);1H/t12?,14-,16-;/m1./s1. The zero-order valence-electron chi connectivity index (χ0n) is 13.4. The van der Waals surface area contributed by atoms with Crippen molar-refractivity contribution >= 4 is 30.1 Å². The molecule has 1 unspecified atom stereocenters. The molecule has 0 heterocycles. The van der Waals surface area contributed by atoms with Gasteiger partial charge in [-0.3, -0.25) is 4.79 Å². The largest absolute Gasteiger partial charge is 0.349 e. The lowest BCUT2D eigenvalue weighted by Gasteiger charge is -2.21. The van der Waals surface area contributed by atoms with Crippen LogP contribution in [0, 0.1) is 11.8 Å². The molecular weight excluding hydrogens is 316 g/mol. The van der Waals surface area contributed by atoms with Crippen LogP contribution in [-0.4, -0.2) is 18.2 Å². The Morgan fingerprint density at radius 3 is 2.64 bits per heavy atom. The van der Waals surface area contributed by atoms with Gasteiger partial charge in [0.1, 0.15) is 0 Å². The summed E-state index contributed by atoms with van der Waals surface area (Å²) in [6.07, 6.45) is 3.19. The first-order valence-electron chi connectivity index (χ1n) is 7.89. The van der Waals surface area contributed by atoms with E-state index < -0.39 is 0 Å². The van der Waals surface area contributed by atoms with Gasteiger partial charge in [0.05, 0.1) is 6.04 Å². The Kier molecular flexibility index (Phi) is 8.29. The average Bonchev–Trinajstić information content (AvgIpc) is 2.97. The van der Waals surface area contributed by atoms with Crippen LogP contribution in [-0.2, 0) is 4.79 Å². The SMILES string of the molecule is CCSc1ccc(C(C)NC(=O)[C@@H]2CCC[C@@H]2CN)cc1.Cl. The van der Waals surface area contributed by atoms with Gasteiger partial charge in [-0.25, -0.2) is 0 Å². The topological polar surface area (TPSA) is 55.1 Å². The first-order chi connectivity index (χ1) is 10.2. The fraction of sp³-hybridized carbons (Fsp3) is 0.588. The summed E-state index contributed by atoms with van der Waals surface area (Å²) in [5, 5.41) is 3.15. The van der Waals surface area contributed by atoms with Gasteiger partial charge in [0.25, 0.3) is 0 Å². The molecule has 124 valence electrons. The minimum absolute atomic E-state index is 0. The predicted molar refractivity (Wildman–Crippen MR) is 96.5 cm³/mol. The second-order valence-corrected chi connectivity index (χ2v) is 7.10. The molecule has 2 rings (SSSR count). The zero-order chi connectivity index (χ0) is 15.2. The van der Waals surface area contributed by atoms with Crippen molar-refractivity contribution in [3.63, 3.8) is 0 Å². The second kappa shape index (κ2) is 9.43. The molecule has 1 aromatic rings. The van der Waals surface area contributed by atoms with Crippen LogP contribution < -0.4 is 11.1 Å². The molecule has 1 fully saturated rings. The Labute approximate surface area is 144 Å². The van der Waals surface area contributed by atoms with E-state index in [-0.39, 0.29) is 30.3 Å². The third-order valence-electron chi connectivity index (χ3n) is 4.35. The highest BCUT2D eigenvalue weighted by atomic mass is 35.5. The number of thioether (sulfide) groups is 1. The van der Waals surface area contributed by atoms with E-state index >= 15 is 0 Å². The normalized spacial score (nSPS) is 22.0. The molecule has 0 saturated heterocycles. The number of amides is 1. The summed E-state index contributed by atoms with van der Waals surface area (Å²) in [6.45, 7) is 4.82. The molecule has 3 nitrogen and oxygen atoms in total. The summed E-state index contributed by atoms with van der Waals surface area (Å²) in [5.74, 6) is 1.71. The second-order valence-electron chi connectivity index (χ2n) is 5.77. The van der Waals surface area contributed by atoms with Crippen LogP contribution in [0.1, 0.15) is 44.7 Å². The van der Waals surface area contributed by atoms with E-state index in [2.05, 4.69) is 36.5 Å². The number of nitrogens with two attached hydrogens (primary N) is 1. The summed E-state index contributed by atoms with van der Waals surface area (Å²) in [6, 6.07) is 8.53. The quantitative estimate of drug-likeness (QED) is 0.774. The summed E-state index contributed by atoms with van der Waals surface area (Å²) < 4.78 is 0. The highest BCUT2D eigenvalue weighted by Gasteiger charge is 2.32. The Morgan fingerprint density at radius 2 is 2.05 bits per heavy atom.